The van der Waals surface area contributed by atoms with Gasteiger partial charge in [-0.25, -0.2) is 4.39 Å². The predicted octanol–water partition coefficient (Wildman–Crippen LogP) is -0.00520. The zero-order valence-corrected chi connectivity index (χ0v) is 4.43. The highest BCUT2D eigenvalue weighted by Gasteiger charge is 2.40. The number of halogens is 1. The van der Waals surface area contributed by atoms with Crippen molar-refractivity contribution in [1.82, 2.24) is 0 Å². The molecule has 0 saturated carbocycles. The standard InChI is InChI=1S/C4H7FO3/c1-4(5)3(6)7-2-8-4/h3,6H,2H2,1H3. The Balaban J connectivity index is 2.54. The van der Waals surface area contributed by atoms with Crippen molar-refractivity contribution in [3.8, 4) is 0 Å². The molecular weight excluding hydrogens is 115 g/mol. The fourth-order valence-corrected chi connectivity index (χ4v) is 0.434. The maximum atomic E-state index is 12.4. The Morgan fingerprint density at radius 3 is 2.62 bits per heavy atom. The molecule has 1 N–H and O–H groups in total. The summed E-state index contributed by atoms with van der Waals surface area (Å²) in [5.41, 5.74) is 0. The van der Waals surface area contributed by atoms with E-state index in [4.69, 9.17) is 5.11 Å². The van der Waals surface area contributed by atoms with Crippen LogP contribution in [0.15, 0.2) is 0 Å². The first-order chi connectivity index (χ1) is 3.63. The first kappa shape index (κ1) is 5.94. The van der Waals surface area contributed by atoms with Crippen LogP contribution < -0.4 is 0 Å². The zero-order chi connectivity index (χ0) is 6.20. The number of aliphatic hydroxyl groups is 1. The van der Waals surface area contributed by atoms with Crippen LogP contribution in [0.3, 0.4) is 0 Å². The highest BCUT2D eigenvalue weighted by Crippen LogP contribution is 2.23. The van der Waals surface area contributed by atoms with Gasteiger partial charge in [-0.1, -0.05) is 0 Å². The van der Waals surface area contributed by atoms with Gasteiger partial charge in [0.2, 0.25) is 6.29 Å². The number of aliphatic hydroxyl groups excluding tert-OH is 1. The maximum Gasteiger partial charge on any atom is 0.259 e. The molecule has 2 atom stereocenters. The van der Waals surface area contributed by atoms with Crippen molar-refractivity contribution < 1.29 is 19.0 Å². The van der Waals surface area contributed by atoms with Gasteiger partial charge in [-0.2, -0.15) is 0 Å². The van der Waals surface area contributed by atoms with E-state index >= 15 is 0 Å². The van der Waals surface area contributed by atoms with Crippen LogP contribution in [0, 0.1) is 0 Å². The first-order valence-corrected chi connectivity index (χ1v) is 2.25. The largest absolute Gasteiger partial charge is 0.363 e. The minimum absolute atomic E-state index is 0.172. The molecule has 0 amide bonds. The maximum absolute atomic E-state index is 12.4. The summed E-state index contributed by atoms with van der Waals surface area (Å²) in [4.78, 5) is 0. The minimum Gasteiger partial charge on any atom is -0.363 e. The molecule has 1 heterocycles. The topological polar surface area (TPSA) is 38.7 Å². The van der Waals surface area contributed by atoms with Gasteiger partial charge in [-0.05, 0) is 6.92 Å². The van der Waals surface area contributed by atoms with Crippen LogP contribution in [0.4, 0.5) is 4.39 Å². The number of hydrogen-bond donors (Lipinski definition) is 1. The highest BCUT2D eigenvalue weighted by atomic mass is 19.2. The van der Waals surface area contributed by atoms with Crippen LogP contribution in [0.2, 0.25) is 0 Å². The van der Waals surface area contributed by atoms with Gasteiger partial charge in [-0.15, -0.1) is 0 Å². The van der Waals surface area contributed by atoms with Crippen molar-refractivity contribution in [1.29, 1.82) is 0 Å². The van der Waals surface area contributed by atoms with Crippen LogP contribution >= 0.6 is 0 Å². The Kier molecular flexibility index (Phi) is 1.22. The van der Waals surface area contributed by atoms with Gasteiger partial charge < -0.3 is 14.6 Å². The van der Waals surface area contributed by atoms with Crippen molar-refractivity contribution in [2.45, 2.75) is 19.1 Å². The quantitative estimate of drug-likeness (QED) is 0.491. The van der Waals surface area contributed by atoms with E-state index < -0.39 is 12.1 Å². The third-order valence-corrected chi connectivity index (χ3v) is 1.01. The molecular formula is C4H7FO3. The van der Waals surface area contributed by atoms with E-state index in [1.807, 2.05) is 0 Å². The molecule has 3 nitrogen and oxygen atoms in total. The Morgan fingerprint density at radius 2 is 2.50 bits per heavy atom. The molecule has 1 aliphatic rings. The van der Waals surface area contributed by atoms with E-state index in [0.717, 1.165) is 6.92 Å². The van der Waals surface area contributed by atoms with Gasteiger partial charge >= 0.3 is 0 Å². The molecule has 0 aromatic rings. The molecule has 1 aliphatic heterocycles. The number of rotatable bonds is 0. The fourth-order valence-electron chi connectivity index (χ4n) is 0.434. The Labute approximate surface area is 46.0 Å². The molecule has 0 radical (unpaired) electrons. The van der Waals surface area contributed by atoms with Crippen molar-refractivity contribution in [3.05, 3.63) is 0 Å². The van der Waals surface area contributed by atoms with E-state index in [2.05, 4.69) is 9.47 Å². The summed E-state index contributed by atoms with van der Waals surface area (Å²) in [6, 6.07) is 0. The SMILES string of the molecule is CC1(F)OCOC1O. The normalized spacial score (nSPS) is 47.6. The third kappa shape index (κ3) is 0.819. The van der Waals surface area contributed by atoms with E-state index in [1.54, 1.807) is 0 Å². The van der Waals surface area contributed by atoms with Crippen molar-refractivity contribution >= 4 is 0 Å². The van der Waals surface area contributed by atoms with Gasteiger partial charge in [-0.3, -0.25) is 0 Å². The van der Waals surface area contributed by atoms with Gasteiger partial charge in [0.1, 0.15) is 0 Å². The summed E-state index contributed by atoms with van der Waals surface area (Å²) >= 11 is 0. The molecule has 4 heteroatoms. The fraction of sp³-hybridized carbons (Fsp3) is 1.00. The number of hydrogen-bond acceptors (Lipinski definition) is 3. The highest BCUT2D eigenvalue weighted by molar-refractivity contribution is 4.66. The molecule has 0 aromatic heterocycles. The monoisotopic (exact) mass is 122 g/mol. The summed E-state index contributed by atoms with van der Waals surface area (Å²) in [6.45, 7) is 0.943. The van der Waals surface area contributed by atoms with Crippen LogP contribution in [0.25, 0.3) is 0 Å². The molecule has 0 bridgehead atoms. The summed E-state index contributed by atoms with van der Waals surface area (Å²) in [5, 5.41) is 8.53. The Bertz CT molecular complexity index is 93.3. The van der Waals surface area contributed by atoms with Crippen molar-refractivity contribution in [3.63, 3.8) is 0 Å². The van der Waals surface area contributed by atoms with E-state index in [-0.39, 0.29) is 6.79 Å². The van der Waals surface area contributed by atoms with Crippen molar-refractivity contribution in [2.75, 3.05) is 6.79 Å². The van der Waals surface area contributed by atoms with Gasteiger partial charge in [0.15, 0.2) is 6.79 Å². The van der Waals surface area contributed by atoms with Crippen LogP contribution in [-0.4, -0.2) is 24.0 Å². The van der Waals surface area contributed by atoms with Gasteiger partial charge in [0.05, 0.1) is 0 Å². The lowest BCUT2D eigenvalue weighted by Gasteiger charge is -2.12. The summed E-state index contributed by atoms with van der Waals surface area (Å²) < 4.78 is 21.0. The molecule has 0 spiro atoms. The zero-order valence-electron chi connectivity index (χ0n) is 4.43. The predicted molar refractivity (Wildman–Crippen MR) is 22.6 cm³/mol. The lowest BCUT2D eigenvalue weighted by atomic mass is 10.4. The Morgan fingerprint density at radius 1 is 1.88 bits per heavy atom. The number of alkyl halides is 1. The molecule has 1 rings (SSSR count). The van der Waals surface area contributed by atoms with E-state index in [9.17, 15) is 4.39 Å². The Hall–Kier alpha value is -0.190. The average molecular weight is 122 g/mol. The molecule has 48 valence electrons. The first-order valence-electron chi connectivity index (χ1n) is 2.25. The lowest BCUT2D eigenvalue weighted by Crippen LogP contribution is -2.30. The number of ether oxygens (including phenoxy) is 2. The summed E-state index contributed by atoms with van der Waals surface area (Å²) in [6.07, 6.45) is -1.43. The van der Waals surface area contributed by atoms with E-state index in [1.165, 1.54) is 0 Å². The molecule has 0 aliphatic carbocycles. The lowest BCUT2D eigenvalue weighted by molar-refractivity contribution is -0.162. The second-order valence-corrected chi connectivity index (χ2v) is 1.77. The van der Waals surface area contributed by atoms with Gasteiger partial charge in [0.25, 0.3) is 5.85 Å². The molecule has 1 saturated heterocycles. The third-order valence-electron chi connectivity index (χ3n) is 1.01. The van der Waals surface area contributed by atoms with Crippen LogP contribution in [0.5, 0.6) is 0 Å². The molecule has 2 unspecified atom stereocenters. The van der Waals surface area contributed by atoms with Gasteiger partial charge in [0, 0.05) is 0 Å². The average Bonchev–Trinajstić information content (AvgIpc) is 1.86. The molecule has 1 fully saturated rings. The smallest absolute Gasteiger partial charge is 0.259 e. The van der Waals surface area contributed by atoms with Crippen LogP contribution in [-0.2, 0) is 9.47 Å². The second kappa shape index (κ2) is 1.65. The molecule has 0 aromatic carbocycles. The van der Waals surface area contributed by atoms with Crippen LogP contribution in [0.1, 0.15) is 6.92 Å². The summed E-state index contributed by atoms with van der Waals surface area (Å²) in [5.74, 6) is -2.01. The molecule has 8 heavy (non-hydrogen) atoms. The second-order valence-electron chi connectivity index (χ2n) is 1.77. The minimum atomic E-state index is -2.01. The van der Waals surface area contributed by atoms with E-state index in [0.29, 0.717) is 0 Å². The summed E-state index contributed by atoms with van der Waals surface area (Å²) in [7, 11) is 0. The van der Waals surface area contributed by atoms with Crippen molar-refractivity contribution in [2.24, 2.45) is 0 Å².